The topological polar surface area (TPSA) is 58.5 Å². The lowest BCUT2D eigenvalue weighted by Crippen LogP contribution is -2.26. The summed E-state index contributed by atoms with van der Waals surface area (Å²) in [5, 5.41) is 8.83. The Hall–Kier alpha value is -1.20. The van der Waals surface area contributed by atoms with Crippen LogP contribution in [0.3, 0.4) is 0 Å². The number of ether oxygens (including phenoxy) is 1. The molecule has 1 fully saturated rings. The predicted octanol–water partition coefficient (Wildman–Crippen LogP) is 0.832. The highest BCUT2D eigenvalue weighted by Crippen LogP contribution is 2.17. The third kappa shape index (κ3) is 3.38. The van der Waals surface area contributed by atoms with Gasteiger partial charge in [-0.05, 0) is 32.9 Å². The van der Waals surface area contributed by atoms with Gasteiger partial charge >= 0.3 is 0 Å². The average molecular weight is 237 g/mol. The zero-order valence-corrected chi connectivity index (χ0v) is 10.2. The molecule has 94 valence electrons. The quantitative estimate of drug-likeness (QED) is 0.822. The van der Waals surface area contributed by atoms with E-state index >= 15 is 0 Å². The van der Waals surface area contributed by atoms with Gasteiger partial charge < -0.3 is 14.7 Å². The highest BCUT2D eigenvalue weighted by atomic mass is 16.5. The number of nitrogens with zero attached hydrogens (tertiary/aromatic N) is 3. The number of likely N-dealkylation sites (tertiary alicyclic amines) is 1. The van der Waals surface area contributed by atoms with E-state index in [2.05, 4.69) is 21.9 Å². The SMILES string of the molecule is CN1CCCC1CCOc1cnc(CO)cn1. The van der Waals surface area contributed by atoms with Gasteiger partial charge in [0, 0.05) is 6.04 Å². The van der Waals surface area contributed by atoms with Gasteiger partial charge in [-0.25, -0.2) is 4.98 Å². The Morgan fingerprint density at radius 1 is 1.47 bits per heavy atom. The molecular weight excluding hydrogens is 218 g/mol. The van der Waals surface area contributed by atoms with Gasteiger partial charge in [-0.2, -0.15) is 0 Å². The number of rotatable bonds is 5. The summed E-state index contributed by atoms with van der Waals surface area (Å²) in [5.74, 6) is 0.530. The lowest BCUT2D eigenvalue weighted by Gasteiger charge is -2.18. The van der Waals surface area contributed by atoms with E-state index in [-0.39, 0.29) is 6.61 Å². The largest absolute Gasteiger partial charge is 0.477 e. The van der Waals surface area contributed by atoms with Gasteiger partial charge in [-0.15, -0.1) is 0 Å². The van der Waals surface area contributed by atoms with Crippen molar-refractivity contribution in [1.82, 2.24) is 14.9 Å². The fourth-order valence-electron chi connectivity index (χ4n) is 2.14. The third-order valence-corrected chi connectivity index (χ3v) is 3.22. The monoisotopic (exact) mass is 237 g/mol. The number of aliphatic hydroxyl groups excluding tert-OH is 1. The van der Waals surface area contributed by atoms with E-state index in [0.29, 0.717) is 24.2 Å². The average Bonchev–Trinajstić information content (AvgIpc) is 2.76. The molecule has 0 bridgehead atoms. The molecule has 0 saturated carbocycles. The summed E-state index contributed by atoms with van der Waals surface area (Å²) in [5.41, 5.74) is 0.563. The maximum absolute atomic E-state index is 8.83. The van der Waals surface area contributed by atoms with Crippen molar-refractivity contribution in [3.05, 3.63) is 18.1 Å². The van der Waals surface area contributed by atoms with Gasteiger partial charge in [0.1, 0.15) is 0 Å². The van der Waals surface area contributed by atoms with Crippen molar-refractivity contribution in [1.29, 1.82) is 0 Å². The second-order valence-electron chi connectivity index (χ2n) is 4.42. The van der Waals surface area contributed by atoms with Crippen LogP contribution < -0.4 is 4.74 Å². The summed E-state index contributed by atoms with van der Waals surface area (Å²) >= 11 is 0. The first-order valence-electron chi connectivity index (χ1n) is 6.04. The minimum absolute atomic E-state index is 0.0832. The number of aliphatic hydroxyl groups is 1. The van der Waals surface area contributed by atoms with Gasteiger partial charge in [0.25, 0.3) is 0 Å². The summed E-state index contributed by atoms with van der Waals surface area (Å²) in [6.07, 6.45) is 6.67. The van der Waals surface area contributed by atoms with Crippen LogP contribution in [0.5, 0.6) is 5.88 Å². The standard InChI is InChI=1S/C12H19N3O2/c1-15-5-2-3-11(15)4-6-17-12-8-13-10(9-16)7-14-12/h7-8,11,16H,2-6,9H2,1H3. The molecule has 1 aliphatic heterocycles. The minimum atomic E-state index is -0.0832. The smallest absolute Gasteiger partial charge is 0.232 e. The van der Waals surface area contributed by atoms with Crippen LogP contribution >= 0.6 is 0 Å². The highest BCUT2D eigenvalue weighted by Gasteiger charge is 2.20. The Morgan fingerprint density at radius 2 is 2.35 bits per heavy atom. The maximum Gasteiger partial charge on any atom is 0.232 e. The molecule has 1 aliphatic rings. The Balaban J connectivity index is 1.73. The summed E-state index contributed by atoms with van der Waals surface area (Å²) in [4.78, 5) is 10.5. The van der Waals surface area contributed by atoms with E-state index in [1.54, 1.807) is 6.20 Å². The van der Waals surface area contributed by atoms with E-state index in [0.717, 1.165) is 6.42 Å². The van der Waals surface area contributed by atoms with Crippen LogP contribution in [0.4, 0.5) is 0 Å². The fraction of sp³-hybridized carbons (Fsp3) is 0.667. The molecule has 1 saturated heterocycles. The number of hydrogen-bond acceptors (Lipinski definition) is 5. The van der Waals surface area contributed by atoms with E-state index < -0.39 is 0 Å². The molecular formula is C12H19N3O2. The molecule has 0 aliphatic carbocycles. The van der Waals surface area contributed by atoms with Gasteiger partial charge in [0.15, 0.2) is 0 Å². The van der Waals surface area contributed by atoms with Gasteiger partial charge in [0.2, 0.25) is 5.88 Å². The van der Waals surface area contributed by atoms with Crippen molar-refractivity contribution in [2.75, 3.05) is 20.2 Å². The van der Waals surface area contributed by atoms with Gasteiger partial charge in [0.05, 0.1) is 31.3 Å². The van der Waals surface area contributed by atoms with Crippen molar-refractivity contribution < 1.29 is 9.84 Å². The van der Waals surface area contributed by atoms with Crippen molar-refractivity contribution in [2.24, 2.45) is 0 Å². The highest BCUT2D eigenvalue weighted by molar-refractivity contribution is 5.06. The molecule has 1 aromatic rings. The molecule has 1 unspecified atom stereocenters. The molecule has 2 rings (SSSR count). The van der Waals surface area contributed by atoms with Gasteiger partial charge in [-0.1, -0.05) is 0 Å². The van der Waals surface area contributed by atoms with Crippen LogP contribution in [-0.2, 0) is 6.61 Å². The molecule has 1 aromatic heterocycles. The van der Waals surface area contributed by atoms with Crippen LogP contribution in [0, 0.1) is 0 Å². The van der Waals surface area contributed by atoms with Crippen LogP contribution in [0.2, 0.25) is 0 Å². The first kappa shape index (κ1) is 12.3. The Morgan fingerprint density at radius 3 is 2.94 bits per heavy atom. The van der Waals surface area contributed by atoms with Crippen LogP contribution in [-0.4, -0.2) is 46.2 Å². The Bertz CT molecular complexity index is 342. The van der Waals surface area contributed by atoms with Crippen molar-refractivity contribution in [3.8, 4) is 5.88 Å². The zero-order chi connectivity index (χ0) is 12.1. The Kier molecular flexibility index (Phi) is 4.28. The fourth-order valence-corrected chi connectivity index (χ4v) is 2.14. The molecule has 17 heavy (non-hydrogen) atoms. The van der Waals surface area contributed by atoms with Crippen molar-refractivity contribution >= 4 is 0 Å². The minimum Gasteiger partial charge on any atom is -0.477 e. The first-order chi connectivity index (χ1) is 8.29. The second kappa shape index (κ2) is 5.93. The van der Waals surface area contributed by atoms with Crippen LogP contribution in [0.15, 0.2) is 12.4 Å². The zero-order valence-electron chi connectivity index (χ0n) is 10.2. The second-order valence-corrected chi connectivity index (χ2v) is 4.42. The molecule has 1 atom stereocenters. The number of aromatic nitrogens is 2. The van der Waals surface area contributed by atoms with Gasteiger partial charge in [-0.3, -0.25) is 4.98 Å². The molecule has 0 amide bonds. The molecule has 1 N–H and O–H groups in total. The van der Waals surface area contributed by atoms with Crippen molar-refractivity contribution in [2.45, 2.75) is 31.9 Å². The normalized spacial score (nSPS) is 20.7. The predicted molar refractivity (Wildman–Crippen MR) is 63.7 cm³/mol. The molecule has 0 spiro atoms. The van der Waals surface area contributed by atoms with Crippen molar-refractivity contribution in [3.63, 3.8) is 0 Å². The molecule has 0 radical (unpaired) electrons. The van der Waals surface area contributed by atoms with Crippen LogP contribution in [0.1, 0.15) is 25.0 Å². The Labute approximate surface area is 101 Å². The third-order valence-electron chi connectivity index (χ3n) is 3.22. The lowest BCUT2D eigenvalue weighted by molar-refractivity contribution is 0.227. The van der Waals surface area contributed by atoms with E-state index in [1.165, 1.54) is 25.6 Å². The number of hydrogen-bond donors (Lipinski definition) is 1. The van der Waals surface area contributed by atoms with E-state index in [9.17, 15) is 0 Å². The summed E-state index contributed by atoms with van der Waals surface area (Å²) in [7, 11) is 2.16. The molecule has 5 nitrogen and oxygen atoms in total. The molecule has 0 aromatic carbocycles. The van der Waals surface area contributed by atoms with Crippen LogP contribution in [0.25, 0.3) is 0 Å². The molecule has 2 heterocycles. The summed E-state index contributed by atoms with van der Waals surface area (Å²) in [6.45, 7) is 1.78. The summed E-state index contributed by atoms with van der Waals surface area (Å²) in [6, 6.07) is 0.639. The first-order valence-corrected chi connectivity index (χ1v) is 6.04. The van der Waals surface area contributed by atoms with E-state index in [4.69, 9.17) is 9.84 Å². The molecule has 5 heteroatoms. The lowest BCUT2D eigenvalue weighted by atomic mass is 10.1. The van der Waals surface area contributed by atoms with E-state index in [1.807, 2.05) is 0 Å². The summed E-state index contributed by atoms with van der Waals surface area (Å²) < 4.78 is 5.53. The maximum atomic E-state index is 8.83.